The number of hydrogen-bond donors (Lipinski definition) is 1. The highest BCUT2D eigenvalue weighted by Gasteiger charge is 2.34. The Morgan fingerprint density at radius 1 is 0.773 bits per heavy atom. The molecule has 0 saturated carbocycles. The zero-order valence-electron chi connectivity index (χ0n) is 26.1. The van der Waals surface area contributed by atoms with Crippen LogP contribution in [0.25, 0.3) is 0 Å². The van der Waals surface area contributed by atoms with Crippen LogP contribution in [-0.2, 0) is 32.6 Å². The number of likely N-dealkylation sites (N-methyl/N-ethyl adjacent to an activating group) is 1. The molecule has 1 N–H and O–H groups in total. The molecule has 0 bridgehead atoms. The Kier molecular flexibility index (Phi) is 10.6. The molecule has 44 heavy (non-hydrogen) atoms. The lowest BCUT2D eigenvalue weighted by Crippen LogP contribution is -2.53. The minimum Gasteiger partial charge on any atom is -0.355 e. The number of nitrogens with one attached hydrogen (secondary N) is 1. The molecule has 230 valence electrons. The number of amides is 2. The molecule has 0 unspecified atom stereocenters. The van der Waals surface area contributed by atoms with Gasteiger partial charge in [0.2, 0.25) is 11.8 Å². The van der Waals surface area contributed by atoms with Crippen LogP contribution in [0.5, 0.6) is 0 Å². The maximum Gasteiger partial charge on any atom is 0.264 e. The highest BCUT2D eigenvalue weighted by molar-refractivity contribution is 7.92. The van der Waals surface area contributed by atoms with Gasteiger partial charge in [-0.3, -0.25) is 13.9 Å². The maximum atomic E-state index is 14.5. The van der Waals surface area contributed by atoms with Gasteiger partial charge in [-0.1, -0.05) is 78.4 Å². The number of nitrogens with zero attached hydrogens (tertiary/aromatic N) is 2. The molecule has 0 heterocycles. The van der Waals surface area contributed by atoms with Gasteiger partial charge in [0.15, 0.2) is 0 Å². The predicted molar refractivity (Wildman–Crippen MR) is 176 cm³/mol. The van der Waals surface area contributed by atoms with Crippen molar-refractivity contribution >= 4 is 27.5 Å². The van der Waals surface area contributed by atoms with Crippen LogP contribution in [0.15, 0.2) is 102 Å². The van der Waals surface area contributed by atoms with Crippen molar-refractivity contribution in [1.29, 1.82) is 0 Å². The average Bonchev–Trinajstić information content (AvgIpc) is 2.98. The average molecular weight is 612 g/mol. The van der Waals surface area contributed by atoms with Crippen LogP contribution >= 0.6 is 0 Å². The van der Waals surface area contributed by atoms with Gasteiger partial charge in [0.25, 0.3) is 10.0 Å². The monoisotopic (exact) mass is 611 g/mol. The van der Waals surface area contributed by atoms with Gasteiger partial charge in [0, 0.05) is 19.5 Å². The Bertz CT molecular complexity index is 1680. The summed E-state index contributed by atoms with van der Waals surface area (Å²) in [4.78, 5) is 29.8. The number of sulfonamides is 1. The molecule has 0 aliphatic heterocycles. The van der Waals surface area contributed by atoms with E-state index in [0.717, 1.165) is 33.4 Å². The number of hydrogen-bond acceptors (Lipinski definition) is 4. The predicted octanol–water partition coefficient (Wildman–Crippen LogP) is 5.89. The minimum absolute atomic E-state index is 0.0880. The molecule has 0 spiro atoms. The molecule has 7 nitrogen and oxygen atoms in total. The van der Waals surface area contributed by atoms with E-state index in [1.54, 1.807) is 36.4 Å². The van der Waals surface area contributed by atoms with Crippen LogP contribution in [0.4, 0.5) is 5.69 Å². The third-order valence-corrected chi connectivity index (χ3v) is 9.39. The summed E-state index contributed by atoms with van der Waals surface area (Å²) in [7, 11) is -4.14. The van der Waals surface area contributed by atoms with Crippen molar-refractivity contribution in [2.45, 2.75) is 58.5 Å². The highest BCUT2D eigenvalue weighted by atomic mass is 32.2. The topological polar surface area (TPSA) is 86.8 Å². The summed E-state index contributed by atoms with van der Waals surface area (Å²) in [5.41, 5.74) is 5.80. The molecule has 0 radical (unpaired) electrons. The smallest absolute Gasteiger partial charge is 0.264 e. The fourth-order valence-electron chi connectivity index (χ4n) is 5.28. The number of anilines is 1. The van der Waals surface area contributed by atoms with E-state index in [2.05, 4.69) is 5.32 Å². The molecule has 0 saturated heterocycles. The second-order valence-corrected chi connectivity index (χ2v) is 13.1. The van der Waals surface area contributed by atoms with Crippen molar-refractivity contribution in [3.05, 3.63) is 130 Å². The van der Waals surface area contributed by atoms with E-state index < -0.39 is 28.5 Å². The number of carbonyl (C=O) groups excluding carboxylic acids is 2. The molecule has 8 heteroatoms. The van der Waals surface area contributed by atoms with Crippen LogP contribution < -0.4 is 9.62 Å². The molecule has 4 aromatic carbocycles. The lowest BCUT2D eigenvalue weighted by atomic mass is 10.0. The third-order valence-electron chi connectivity index (χ3n) is 7.61. The second-order valence-electron chi connectivity index (χ2n) is 11.2. The summed E-state index contributed by atoms with van der Waals surface area (Å²) in [5.74, 6) is -0.770. The normalized spacial score (nSPS) is 11.9. The maximum absolute atomic E-state index is 14.5. The van der Waals surface area contributed by atoms with Crippen LogP contribution in [0, 0.1) is 27.7 Å². The van der Waals surface area contributed by atoms with Crippen molar-refractivity contribution < 1.29 is 18.0 Å². The quantitative estimate of drug-likeness (QED) is 0.216. The summed E-state index contributed by atoms with van der Waals surface area (Å²) in [6.07, 6.45) is 0.276. The molecule has 0 aromatic heterocycles. The van der Waals surface area contributed by atoms with E-state index in [0.29, 0.717) is 12.2 Å². The van der Waals surface area contributed by atoms with E-state index in [9.17, 15) is 18.0 Å². The van der Waals surface area contributed by atoms with Gasteiger partial charge in [0.05, 0.1) is 10.6 Å². The van der Waals surface area contributed by atoms with Crippen molar-refractivity contribution in [1.82, 2.24) is 10.2 Å². The molecule has 2 amide bonds. The first kappa shape index (κ1) is 32.5. The number of rotatable bonds is 12. The number of carbonyl (C=O) groups is 2. The SMILES string of the molecule is CCNC(=O)[C@H](Cc1ccccc1)N(Cc1ccccc1C)C(=O)CN(c1cc(C)cc(C)c1)S(=O)(=O)c1ccc(C)cc1. The van der Waals surface area contributed by atoms with Crippen molar-refractivity contribution in [3.8, 4) is 0 Å². The summed E-state index contributed by atoms with van der Waals surface area (Å²) in [5, 5.41) is 2.90. The van der Waals surface area contributed by atoms with E-state index >= 15 is 0 Å². The van der Waals surface area contributed by atoms with Crippen molar-refractivity contribution in [2.24, 2.45) is 0 Å². The zero-order chi connectivity index (χ0) is 31.9. The Labute approximate surface area is 261 Å². The first-order valence-corrected chi connectivity index (χ1v) is 16.3. The molecule has 1 atom stereocenters. The number of aryl methyl sites for hydroxylation is 4. The van der Waals surface area contributed by atoms with Crippen LogP contribution in [0.1, 0.15) is 40.3 Å². The Morgan fingerprint density at radius 2 is 1.39 bits per heavy atom. The van der Waals surface area contributed by atoms with Gasteiger partial charge in [-0.15, -0.1) is 0 Å². The number of benzene rings is 4. The molecule has 4 aromatic rings. The molecule has 0 aliphatic rings. The first-order valence-electron chi connectivity index (χ1n) is 14.8. The summed E-state index contributed by atoms with van der Waals surface area (Å²) < 4.78 is 29.6. The Hall–Kier alpha value is -4.43. The highest BCUT2D eigenvalue weighted by Crippen LogP contribution is 2.27. The summed E-state index contributed by atoms with van der Waals surface area (Å²) >= 11 is 0. The van der Waals surface area contributed by atoms with Crippen LogP contribution in [-0.4, -0.2) is 44.3 Å². The Morgan fingerprint density at radius 3 is 2.00 bits per heavy atom. The molecule has 4 rings (SSSR count). The van der Waals surface area contributed by atoms with Gasteiger partial charge in [-0.25, -0.2) is 8.42 Å². The van der Waals surface area contributed by atoms with E-state index in [-0.39, 0.29) is 23.8 Å². The van der Waals surface area contributed by atoms with Crippen LogP contribution in [0.3, 0.4) is 0 Å². The lowest BCUT2D eigenvalue weighted by molar-refractivity contribution is -0.140. The van der Waals surface area contributed by atoms with Gasteiger partial charge >= 0.3 is 0 Å². The minimum atomic E-state index is -4.14. The fourth-order valence-corrected chi connectivity index (χ4v) is 6.68. The standard InChI is InChI=1S/C36H41N3O4S/c1-6-37-36(41)34(23-30-13-8-7-9-14-30)38(24-31-15-11-10-12-29(31)5)35(40)25-39(32-21-27(3)20-28(4)22-32)44(42,43)33-18-16-26(2)17-19-33/h7-22,34H,6,23-25H2,1-5H3,(H,37,41)/t34-/m0/s1. The molecule has 0 fully saturated rings. The van der Waals surface area contributed by atoms with Crippen LogP contribution in [0.2, 0.25) is 0 Å². The van der Waals surface area contributed by atoms with Gasteiger partial charge in [-0.05, 0) is 86.7 Å². The van der Waals surface area contributed by atoms with Gasteiger partial charge in [-0.2, -0.15) is 0 Å². The molecular formula is C36H41N3O4S. The summed E-state index contributed by atoms with van der Waals surface area (Å²) in [6, 6.07) is 28.5. The summed E-state index contributed by atoms with van der Waals surface area (Å²) in [6.45, 7) is 9.53. The molecular weight excluding hydrogens is 570 g/mol. The third kappa shape index (κ3) is 7.94. The van der Waals surface area contributed by atoms with Gasteiger partial charge in [0.1, 0.15) is 12.6 Å². The second kappa shape index (κ2) is 14.4. The molecule has 0 aliphatic carbocycles. The van der Waals surface area contributed by atoms with Crippen molar-refractivity contribution in [2.75, 3.05) is 17.4 Å². The van der Waals surface area contributed by atoms with E-state index in [1.165, 1.54) is 9.21 Å². The Balaban J connectivity index is 1.83. The van der Waals surface area contributed by atoms with E-state index in [1.807, 2.05) is 95.3 Å². The van der Waals surface area contributed by atoms with Crippen molar-refractivity contribution in [3.63, 3.8) is 0 Å². The zero-order valence-corrected chi connectivity index (χ0v) is 26.9. The fraction of sp³-hybridized carbons (Fsp3) is 0.278. The lowest BCUT2D eigenvalue weighted by Gasteiger charge is -2.34. The van der Waals surface area contributed by atoms with E-state index in [4.69, 9.17) is 0 Å². The van der Waals surface area contributed by atoms with Gasteiger partial charge < -0.3 is 10.2 Å². The largest absolute Gasteiger partial charge is 0.355 e. The first-order chi connectivity index (χ1) is 21.0.